The molecule has 0 aliphatic heterocycles. The molecule has 0 aliphatic rings. The van der Waals surface area contributed by atoms with Crippen molar-refractivity contribution in [1.29, 1.82) is 0 Å². The van der Waals surface area contributed by atoms with Crippen molar-refractivity contribution in [3.63, 3.8) is 0 Å². The second-order valence-corrected chi connectivity index (χ2v) is 9.35. The van der Waals surface area contributed by atoms with Crippen LogP contribution in [0.5, 0.6) is 0 Å². The SMILES string of the molecule is CCCCCCCCCCCCCC[C@@H](O)[C@@H](O)[C@H](OS(C)(=O)=O)[C@H](O)CO. The van der Waals surface area contributed by atoms with Crippen LogP contribution >= 0.6 is 0 Å². The predicted molar refractivity (Wildman–Crippen MR) is 111 cm³/mol. The van der Waals surface area contributed by atoms with Crippen molar-refractivity contribution in [2.75, 3.05) is 12.9 Å². The fraction of sp³-hybridized carbons (Fsp3) is 1.00. The number of hydrogen-bond donors (Lipinski definition) is 4. The van der Waals surface area contributed by atoms with Crippen molar-refractivity contribution >= 4 is 10.1 Å². The van der Waals surface area contributed by atoms with Crippen LogP contribution in [0.3, 0.4) is 0 Å². The van der Waals surface area contributed by atoms with Gasteiger partial charge in [0.15, 0.2) is 0 Å². The Kier molecular flexibility index (Phi) is 16.4. The van der Waals surface area contributed by atoms with Crippen LogP contribution in [0.4, 0.5) is 0 Å². The van der Waals surface area contributed by atoms with Crippen molar-refractivity contribution < 1.29 is 33.0 Å². The molecule has 0 spiro atoms. The van der Waals surface area contributed by atoms with Gasteiger partial charge < -0.3 is 20.4 Å². The van der Waals surface area contributed by atoms with Gasteiger partial charge in [0, 0.05) is 0 Å². The molecule has 4 N–H and O–H groups in total. The van der Waals surface area contributed by atoms with Gasteiger partial charge in [-0.15, -0.1) is 0 Å². The van der Waals surface area contributed by atoms with Crippen LogP contribution in [0.1, 0.15) is 90.4 Å². The van der Waals surface area contributed by atoms with E-state index in [1.807, 2.05) is 0 Å². The summed E-state index contributed by atoms with van der Waals surface area (Å²) in [5, 5.41) is 38.8. The monoisotopic (exact) mass is 426 g/mol. The van der Waals surface area contributed by atoms with Gasteiger partial charge >= 0.3 is 0 Å². The van der Waals surface area contributed by atoms with Gasteiger partial charge in [0.1, 0.15) is 18.3 Å². The zero-order valence-electron chi connectivity index (χ0n) is 17.6. The molecular weight excluding hydrogens is 384 g/mol. The van der Waals surface area contributed by atoms with E-state index in [0.29, 0.717) is 6.42 Å². The van der Waals surface area contributed by atoms with Crippen molar-refractivity contribution in [1.82, 2.24) is 0 Å². The van der Waals surface area contributed by atoms with E-state index in [0.717, 1.165) is 25.5 Å². The minimum Gasteiger partial charge on any atom is -0.394 e. The number of unbranched alkanes of at least 4 members (excludes halogenated alkanes) is 11. The zero-order chi connectivity index (χ0) is 21.4. The maximum Gasteiger partial charge on any atom is 0.264 e. The second kappa shape index (κ2) is 16.5. The summed E-state index contributed by atoms with van der Waals surface area (Å²) >= 11 is 0. The summed E-state index contributed by atoms with van der Waals surface area (Å²) in [6.45, 7) is 1.45. The van der Waals surface area contributed by atoms with Crippen LogP contribution in [0.25, 0.3) is 0 Å². The molecule has 0 saturated heterocycles. The standard InChI is InChI=1S/C20H42O7S/c1-3-4-5-6-7-8-9-10-11-12-13-14-15-17(22)19(24)20(18(23)16-21)27-28(2,25)26/h17-24H,3-16H2,1-2H3/t17-,18-,19-,20-/m1/s1. The minimum absolute atomic E-state index is 0.278. The minimum atomic E-state index is -3.95. The lowest BCUT2D eigenvalue weighted by Crippen LogP contribution is -2.48. The van der Waals surface area contributed by atoms with Gasteiger partial charge in [-0.25, -0.2) is 0 Å². The van der Waals surface area contributed by atoms with Crippen molar-refractivity contribution in [2.24, 2.45) is 0 Å². The van der Waals surface area contributed by atoms with Crippen LogP contribution in [0, 0.1) is 0 Å². The van der Waals surface area contributed by atoms with E-state index in [2.05, 4.69) is 11.1 Å². The first-order chi connectivity index (χ1) is 13.2. The molecule has 0 fully saturated rings. The largest absolute Gasteiger partial charge is 0.394 e. The first kappa shape index (κ1) is 27.8. The molecule has 0 rings (SSSR count). The maximum absolute atomic E-state index is 11.3. The van der Waals surface area contributed by atoms with Gasteiger partial charge in [0.25, 0.3) is 10.1 Å². The van der Waals surface area contributed by atoms with Gasteiger partial charge in [-0.05, 0) is 6.42 Å². The fourth-order valence-electron chi connectivity index (χ4n) is 3.24. The Morgan fingerprint density at radius 3 is 1.57 bits per heavy atom. The third-order valence-electron chi connectivity index (χ3n) is 4.94. The van der Waals surface area contributed by atoms with Crippen LogP contribution in [-0.4, -0.2) is 66.1 Å². The number of aliphatic hydroxyl groups excluding tert-OH is 4. The first-order valence-electron chi connectivity index (χ1n) is 10.8. The fourth-order valence-corrected chi connectivity index (χ4v) is 3.88. The Morgan fingerprint density at radius 1 is 0.750 bits per heavy atom. The molecule has 0 amide bonds. The van der Waals surface area contributed by atoms with Crippen molar-refractivity contribution in [2.45, 2.75) is 115 Å². The Morgan fingerprint density at radius 2 is 1.18 bits per heavy atom. The molecule has 0 bridgehead atoms. The molecule has 28 heavy (non-hydrogen) atoms. The predicted octanol–water partition coefficient (Wildman–Crippen LogP) is 2.50. The summed E-state index contributed by atoms with van der Waals surface area (Å²) in [5.41, 5.74) is 0. The zero-order valence-corrected chi connectivity index (χ0v) is 18.4. The molecule has 0 radical (unpaired) electrons. The van der Waals surface area contributed by atoms with E-state index in [4.69, 9.17) is 5.11 Å². The van der Waals surface area contributed by atoms with Crippen LogP contribution in [0.2, 0.25) is 0 Å². The van der Waals surface area contributed by atoms with Crippen LogP contribution < -0.4 is 0 Å². The topological polar surface area (TPSA) is 124 Å². The van der Waals surface area contributed by atoms with E-state index in [-0.39, 0.29) is 6.42 Å². The molecular formula is C20H42O7S. The lowest BCUT2D eigenvalue weighted by Gasteiger charge is -2.28. The molecule has 0 saturated carbocycles. The number of hydrogen-bond acceptors (Lipinski definition) is 7. The van der Waals surface area contributed by atoms with Gasteiger partial charge in [0.05, 0.1) is 19.0 Å². The Hall–Kier alpha value is -0.250. The highest BCUT2D eigenvalue weighted by atomic mass is 32.2. The average molecular weight is 427 g/mol. The summed E-state index contributed by atoms with van der Waals surface area (Å²) < 4.78 is 27.1. The molecule has 0 aliphatic carbocycles. The summed E-state index contributed by atoms with van der Waals surface area (Å²) in [7, 11) is -3.95. The third-order valence-corrected chi connectivity index (χ3v) is 5.51. The van der Waals surface area contributed by atoms with E-state index in [1.54, 1.807) is 0 Å². The normalized spacial score (nSPS) is 16.6. The Bertz CT molecular complexity index is 455. The molecule has 0 aromatic carbocycles. The third kappa shape index (κ3) is 14.7. The van der Waals surface area contributed by atoms with E-state index >= 15 is 0 Å². The van der Waals surface area contributed by atoms with Gasteiger partial charge in [0.2, 0.25) is 0 Å². The average Bonchev–Trinajstić information content (AvgIpc) is 2.64. The summed E-state index contributed by atoms with van der Waals surface area (Å²) in [6.07, 6.45) is 9.25. The Balaban J connectivity index is 3.90. The number of rotatable bonds is 19. The van der Waals surface area contributed by atoms with Crippen molar-refractivity contribution in [3.05, 3.63) is 0 Å². The van der Waals surface area contributed by atoms with E-state index in [1.165, 1.54) is 51.4 Å². The quantitative estimate of drug-likeness (QED) is 0.185. The van der Waals surface area contributed by atoms with Crippen LogP contribution in [0.15, 0.2) is 0 Å². The number of aliphatic hydroxyl groups is 4. The molecule has 0 heterocycles. The molecule has 170 valence electrons. The van der Waals surface area contributed by atoms with E-state index < -0.39 is 41.1 Å². The summed E-state index contributed by atoms with van der Waals surface area (Å²) in [6, 6.07) is 0. The highest BCUT2D eigenvalue weighted by Crippen LogP contribution is 2.17. The molecule has 0 aromatic heterocycles. The van der Waals surface area contributed by atoms with Crippen molar-refractivity contribution in [3.8, 4) is 0 Å². The Labute approximate surface area is 171 Å². The molecule has 8 heteroatoms. The highest BCUT2D eigenvalue weighted by Gasteiger charge is 2.35. The van der Waals surface area contributed by atoms with Gasteiger partial charge in [-0.1, -0.05) is 84.0 Å². The van der Waals surface area contributed by atoms with Gasteiger partial charge in [-0.2, -0.15) is 8.42 Å². The highest BCUT2D eigenvalue weighted by molar-refractivity contribution is 7.86. The lowest BCUT2D eigenvalue weighted by atomic mass is 9.98. The molecule has 0 unspecified atom stereocenters. The molecule has 4 atom stereocenters. The maximum atomic E-state index is 11.3. The lowest BCUT2D eigenvalue weighted by molar-refractivity contribution is -0.103. The van der Waals surface area contributed by atoms with E-state index in [9.17, 15) is 23.7 Å². The van der Waals surface area contributed by atoms with Gasteiger partial charge in [-0.3, -0.25) is 4.18 Å². The molecule has 0 aromatic rings. The first-order valence-corrected chi connectivity index (χ1v) is 12.6. The molecule has 7 nitrogen and oxygen atoms in total. The second-order valence-electron chi connectivity index (χ2n) is 7.75. The van der Waals surface area contributed by atoms with Crippen LogP contribution in [-0.2, 0) is 14.3 Å². The smallest absolute Gasteiger partial charge is 0.264 e. The summed E-state index contributed by atoms with van der Waals surface area (Å²) in [4.78, 5) is 0. The summed E-state index contributed by atoms with van der Waals surface area (Å²) in [5.74, 6) is 0.